The number of rotatable bonds is 8. The van der Waals surface area contributed by atoms with Gasteiger partial charge in [-0.1, -0.05) is 38.1 Å². The van der Waals surface area contributed by atoms with Crippen LogP contribution in [0.25, 0.3) is 0 Å². The van der Waals surface area contributed by atoms with Crippen LogP contribution in [0.5, 0.6) is 0 Å². The molecule has 34 heavy (non-hydrogen) atoms. The van der Waals surface area contributed by atoms with Gasteiger partial charge in [-0.05, 0) is 71.4 Å². The maximum absolute atomic E-state index is 13.8. The smallest absolute Gasteiger partial charge is 0.408 e. The third-order valence-corrected chi connectivity index (χ3v) is 5.94. The quantitative estimate of drug-likeness (QED) is 0.474. The molecule has 0 spiro atoms. The number of carbonyl (C=O) groups excluding carboxylic acids is 3. The molecule has 0 saturated heterocycles. The molecule has 0 aliphatic heterocycles. The minimum Gasteiger partial charge on any atom is -0.444 e. The molecule has 8 heteroatoms. The molecule has 0 heterocycles. The van der Waals surface area contributed by atoms with Crippen molar-refractivity contribution < 1.29 is 19.1 Å². The predicted molar refractivity (Wildman–Crippen MR) is 138 cm³/mol. The Morgan fingerprint density at radius 3 is 2.09 bits per heavy atom. The molecule has 2 N–H and O–H groups in total. The van der Waals surface area contributed by atoms with E-state index in [4.69, 9.17) is 4.74 Å². The van der Waals surface area contributed by atoms with Gasteiger partial charge >= 0.3 is 6.09 Å². The summed E-state index contributed by atoms with van der Waals surface area (Å²) in [6.45, 7) is 15.1. The van der Waals surface area contributed by atoms with Crippen molar-refractivity contribution >= 4 is 30.5 Å². The molecular weight excluding hydrogens is 450 g/mol. The molecule has 0 radical (unpaired) electrons. The average Bonchev–Trinajstić information content (AvgIpc) is 3.42. The number of nitrogens with one attached hydrogen (secondary N) is 2. The lowest BCUT2D eigenvalue weighted by Crippen LogP contribution is -2.56. The summed E-state index contributed by atoms with van der Waals surface area (Å²) in [5, 5.41) is 5.70. The van der Waals surface area contributed by atoms with E-state index in [0.29, 0.717) is 0 Å². The van der Waals surface area contributed by atoms with Crippen molar-refractivity contribution in [3.8, 4) is 0 Å². The summed E-state index contributed by atoms with van der Waals surface area (Å²) in [4.78, 5) is 41.5. The summed E-state index contributed by atoms with van der Waals surface area (Å²) in [5.74, 6) is -0.257. The summed E-state index contributed by atoms with van der Waals surface area (Å²) in [5.41, 5.74) is 0.716. The number of thiol groups is 1. The predicted octanol–water partition coefficient (Wildman–Crippen LogP) is 4.26. The third kappa shape index (κ3) is 7.93. The van der Waals surface area contributed by atoms with Gasteiger partial charge in [0.1, 0.15) is 17.7 Å². The van der Waals surface area contributed by atoms with Gasteiger partial charge in [0.2, 0.25) is 11.8 Å². The molecule has 2 rings (SSSR count). The van der Waals surface area contributed by atoms with Crippen molar-refractivity contribution in [2.75, 3.05) is 5.75 Å². The Bertz CT molecular complexity index is 874. The molecule has 3 amide bonds. The zero-order chi connectivity index (χ0) is 25.8. The normalized spacial score (nSPS) is 19.6. The van der Waals surface area contributed by atoms with Gasteiger partial charge in [-0.2, -0.15) is 12.6 Å². The Labute approximate surface area is 209 Å². The fourth-order valence-corrected chi connectivity index (χ4v) is 4.05. The van der Waals surface area contributed by atoms with Gasteiger partial charge in [-0.15, -0.1) is 0 Å². The van der Waals surface area contributed by atoms with Gasteiger partial charge in [0, 0.05) is 17.3 Å². The molecule has 1 aliphatic rings. The van der Waals surface area contributed by atoms with Crippen LogP contribution in [-0.4, -0.2) is 51.8 Å². The molecule has 1 aromatic carbocycles. The van der Waals surface area contributed by atoms with Crippen molar-refractivity contribution in [3.05, 3.63) is 35.4 Å². The number of ether oxygens (including phenoxy) is 1. The van der Waals surface area contributed by atoms with Crippen molar-refractivity contribution in [1.82, 2.24) is 15.5 Å². The molecule has 0 bridgehead atoms. The van der Waals surface area contributed by atoms with Crippen LogP contribution in [0.3, 0.4) is 0 Å². The Hall–Kier alpha value is -2.22. The van der Waals surface area contributed by atoms with E-state index in [1.807, 2.05) is 45.0 Å². The summed E-state index contributed by atoms with van der Waals surface area (Å²) < 4.78 is 5.35. The Morgan fingerprint density at radius 1 is 1.12 bits per heavy atom. The number of alkyl carbamates (subject to hydrolysis) is 1. The monoisotopic (exact) mass is 491 g/mol. The van der Waals surface area contributed by atoms with Gasteiger partial charge in [0.25, 0.3) is 0 Å². The summed E-state index contributed by atoms with van der Waals surface area (Å²) in [6, 6.07) is 5.95. The Morgan fingerprint density at radius 2 is 1.68 bits per heavy atom. The number of hydrogen-bond acceptors (Lipinski definition) is 5. The largest absolute Gasteiger partial charge is 0.444 e. The number of nitrogens with zero attached hydrogens (tertiary/aromatic N) is 1. The molecule has 1 aliphatic carbocycles. The minimum atomic E-state index is -0.925. The summed E-state index contributed by atoms with van der Waals surface area (Å²) in [6.07, 6.45) is 0.985. The van der Waals surface area contributed by atoms with E-state index in [2.05, 4.69) is 37.1 Å². The summed E-state index contributed by atoms with van der Waals surface area (Å²) in [7, 11) is 0. The van der Waals surface area contributed by atoms with Crippen LogP contribution in [0.2, 0.25) is 0 Å². The van der Waals surface area contributed by atoms with Crippen LogP contribution in [0.4, 0.5) is 4.79 Å². The van der Waals surface area contributed by atoms with Gasteiger partial charge in [0.15, 0.2) is 0 Å². The third-order valence-electron chi connectivity index (χ3n) is 5.58. The number of aryl methyl sites for hydroxylation is 1. The molecule has 1 aromatic rings. The lowest BCUT2D eigenvalue weighted by molar-refractivity contribution is -0.143. The van der Waals surface area contributed by atoms with Crippen LogP contribution in [0.15, 0.2) is 24.3 Å². The highest BCUT2D eigenvalue weighted by molar-refractivity contribution is 7.80. The molecule has 4 atom stereocenters. The minimum absolute atomic E-state index is 0.0814. The van der Waals surface area contributed by atoms with Gasteiger partial charge in [-0.3, -0.25) is 9.59 Å². The van der Waals surface area contributed by atoms with Crippen LogP contribution >= 0.6 is 12.6 Å². The van der Waals surface area contributed by atoms with Crippen LogP contribution < -0.4 is 10.6 Å². The second-order valence-electron chi connectivity index (χ2n) is 11.1. The fraction of sp³-hybridized carbons (Fsp3) is 0.654. The summed E-state index contributed by atoms with van der Waals surface area (Å²) >= 11 is 4.33. The molecule has 4 unspecified atom stereocenters. The van der Waals surface area contributed by atoms with Crippen LogP contribution in [0, 0.1) is 5.92 Å². The fourth-order valence-electron chi connectivity index (χ4n) is 3.80. The van der Waals surface area contributed by atoms with E-state index in [-0.39, 0.29) is 29.5 Å². The number of benzene rings is 1. The highest BCUT2D eigenvalue weighted by Gasteiger charge is 2.48. The maximum atomic E-state index is 13.8. The highest BCUT2D eigenvalue weighted by atomic mass is 32.1. The SMILES string of the molecule is CCc1ccc(C(C(=O)NC(C)(C)C)N(C(=O)C(CS)NC(=O)OC(C)(C)C)C2CC2C)cc1. The molecule has 190 valence electrons. The van der Waals surface area contributed by atoms with Crippen molar-refractivity contribution in [1.29, 1.82) is 0 Å². The molecule has 0 aromatic heterocycles. The van der Waals surface area contributed by atoms with E-state index in [1.54, 1.807) is 25.7 Å². The Balaban J connectivity index is 2.45. The van der Waals surface area contributed by atoms with Crippen molar-refractivity contribution in [2.24, 2.45) is 5.92 Å². The second-order valence-corrected chi connectivity index (χ2v) is 11.5. The first-order valence-corrected chi connectivity index (χ1v) is 12.6. The molecule has 1 saturated carbocycles. The highest BCUT2D eigenvalue weighted by Crippen LogP contribution is 2.41. The first kappa shape index (κ1) is 28.0. The maximum Gasteiger partial charge on any atom is 0.408 e. The lowest BCUT2D eigenvalue weighted by atomic mass is 9.99. The van der Waals surface area contributed by atoms with E-state index in [9.17, 15) is 14.4 Å². The first-order chi connectivity index (χ1) is 15.7. The number of hydrogen-bond donors (Lipinski definition) is 3. The van der Waals surface area contributed by atoms with Gasteiger partial charge in [-0.25, -0.2) is 4.79 Å². The van der Waals surface area contributed by atoms with E-state index < -0.39 is 29.3 Å². The molecule has 1 fully saturated rings. The Kier molecular flexibility index (Phi) is 9.08. The van der Waals surface area contributed by atoms with E-state index in [0.717, 1.165) is 24.0 Å². The van der Waals surface area contributed by atoms with Gasteiger partial charge < -0.3 is 20.3 Å². The topological polar surface area (TPSA) is 87.7 Å². The molecular formula is C26H41N3O4S. The zero-order valence-corrected chi connectivity index (χ0v) is 22.7. The van der Waals surface area contributed by atoms with Crippen molar-refractivity contribution in [2.45, 2.75) is 97.5 Å². The van der Waals surface area contributed by atoms with Crippen molar-refractivity contribution in [3.63, 3.8) is 0 Å². The van der Waals surface area contributed by atoms with Crippen LogP contribution in [0.1, 0.15) is 79.0 Å². The van der Waals surface area contributed by atoms with Gasteiger partial charge in [0.05, 0.1) is 0 Å². The van der Waals surface area contributed by atoms with E-state index >= 15 is 0 Å². The number of carbonyl (C=O) groups is 3. The standard InChI is InChI=1S/C26H41N3O4S/c1-9-17-10-12-18(13-11-17)21(22(30)28-25(3,4)5)29(20-14-16(20)2)23(31)19(15-34)27-24(32)33-26(6,7)8/h10-13,16,19-21,34H,9,14-15H2,1-8H3,(H,27,32)(H,28,30). The average molecular weight is 492 g/mol. The van der Waals surface area contributed by atoms with E-state index in [1.165, 1.54) is 0 Å². The lowest BCUT2D eigenvalue weighted by Gasteiger charge is -2.36. The zero-order valence-electron chi connectivity index (χ0n) is 21.8. The van der Waals surface area contributed by atoms with Crippen LogP contribution in [-0.2, 0) is 20.7 Å². The first-order valence-electron chi connectivity index (χ1n) is 12.0. The molecule has 7 nitrogen and oxygen atoms in total. The second kappa shape index (κ2) is 11.0. The number of amides is 3.